The van der Waals surface area contributed by atoms with Gasteiger partial charge >= 0.3 is 5.97 Å². The van der Waals surface area contributed by atoms with Gasteiger partial charge in [-0.1, -0.05) is 25.7 Å². The van der Waals surface area contributed by atoms with Crippen molar-refractivity contribution in [2.24, 2.45) is 5.92 Å². The second-order valence-corrected chi connectivity index (χ2v) is 3.91. The van der Waals surface area contributed by atoms with E-state index < -0.39 is 0 Å². The van der Waals surface area contributed by atoms with Crippen LogP contribution in [0.25, 0.3) is 0 Å². The third kappa shape index (κ3) is 9.27. The van der Waals surface area contributed by atoms with Crippen LogP contribution in [0, 0.1) is 17.2 Å². The van der Waals surface area contributed by atoms with Crippen LogP contribution in [0.1, 0.15) is 51.9 Å². The molecule has 0 amide bonds. The van der Waals surface area contributed by atoms with E-state index in [1.54, 1.807) is 0 Å². The molecule has 0 aromatic heterocycles. The van der Waals surface area contributed by atoms with E-state index in [-0.39, 0.29) is 11.9 Å². The normalized spacial score (nSPS) is 11.8. The van der Waals surface area contributed by atoms with Crippen molar-refractivity contribution < 1.29 is 9.53 Å². The van der Waals surface area contributed by atoms with Crippen molar-refractivity contribution in [1.29, 1.82) is 5.26 Å². The lowest BCUT2D eigenvalue weighted by molar-refractivity contribution is -0.140. The molecule has 0 bridgehead atoms. The van der Waals surface area contributed by atoms with Crippen molar-refractivity contribution in [3.8, 4) is 6.07 Å². The predicted molar refractivity (Wildman–Crippen MR) is 59.1 cm³/mol. The molecule has 1 atom stereocenters. The molecule has 1 unspecified atom stereocenters. The zero-order chi connectivity index (χ0) is 11.5. The number of rotatable bonds is 8. The average molecular weight is 211 g/mol. The number of nitrogens with zero attached hydrogens (tertiary/aromatic N) is 1. The molecule has 0 aromatic carbocycles. The maximum Gasteiger partial charge on any atom is 0.305 e. The molecule has 3 heteroatoms. The van der Waals surface area contributed by atoms with E-state index in [9.17, 15) is 4.79 Å². The highest BCUT2D eigenvalue weighted by Crippen LogP contribution is 2.11. The minimum Gasteiger partial charge on any atom is -0.469 e. The van der Waals surface area contributed by atoms with Gasteiger partial charge in [0.1, 0.15) is 0 Å². The fraction of sp³-hybridized carbons (Fsp3) is 0.833. The van der Waals surface area contributed by atoms with E-state index in [0.717, 1.165) is 38.5 Å². The molecule has 0 saturated carbocycles. The highest BCUT2D eigenvalue weighted by atomic mass is 16.5. The molecule has 86 valence electrons. The molecule has 0 radical (unpaired) electrons. The van der Waals surface area contributed by atoms with Crippen LogP contribution in [-0.2, 0) is 9.53 Å². The van der Waals surface area contributed by atoms with Gasteiger partial charge in [0.15, 0.2) is 0 Å². The van der Waals surface area contributed by atoms with E-state index in [1.807, 2.05) is 6.92 Å². The monoisotopic (exact) mass is 211 g/mol. The Bertz CT molecular complexity index is 208. The van der Waals surface area contributed by atoms with Gasteiger partial charge in [-0.05, 0) is 19.8 Å². The van der Waals surface area contributed by atoms with Gasteiger partial charge in [-0.2, -0.15) is 5.26 Å². The van der Waals surface area contributed by atoms with Crippen LogP contribution in [0.3, 0.4) is 0 Å². The fourth-order valence-corrected chi connectivity index (χ4v) is 1.42. The summed E-state index contributed by atoms with van der Waals surface area (Å²) in [6, 6.07) is 2.23. The van der Waals surface area contributed by atoms with Gasteiger partial charge in [-0.3, -0.25) is 4.79 Å². The molecule has 0 aromatic rings. The SMILES string of the molecule is COC(=O)CCCCCCCC(C)C#N. The molecule has 0 saturated heterocycles. The zero-order valence-corrected chi connectivity index (χ0v) is 9.79. The third-order valence-electron chi connectivity index (χ3n) is 2.47. The van der Waals surface area contributed by atoms with Crippen molar-refractivity contribution in [1.82, 2.24) is 0 Å². The van der Waals surface area contributed by atoms with Crippen molar-refractivity contribution in [2.45, 2.75) is 51.9 Å². The summed E-state index contributed by atoms with van der Waals surface area (Å²) >= 11 is 0. The van der Waals surface area contributed by atoms with Crippen LogP contribution >= 0.6 is 0 Å². The lowest BCUT2D eigenvalue weighted by Gasteiger charge is -2.02. The highest BCUT2D eigenvalue weighted by Gasteiger charge is 2.00. The number of nitriles is 1. The van der Waals surface area contributed by atoms with Crippen molar-refractivity contribution >= 4 is 5.97 Å². The number of esters is 1. The van der Waals surface area contributed by atoms with Gasteiger partial charge in [0.25, 0.3) is 0 Å². The Kier molecular flexibility index (Phi) is 8.85. The Morgan fingerprint density at radius 3 is 2.47 bits per heavy atom. The molecule has 0 aliphatic rings. The van der Waals surface area contributed by atoms with Crippen molar-refractivity contribution in [3.63, 3.8) is 0 Å². The van der Waals surface area contributed by atoms with E-state index in [1.165, 1.54) is 7.11 Å². The maximum atomic E-state index is 10.8. The molecule has 0 rings (SSSR count). The van der Waals surface area contributed by atoms with Crippen LogP contribution < -0.4 is 0 Å². The summed E-state index contributed by atoms with van der Waals surface area (Å²) in [5.41, 5.74) is 0. The number of ether oxygens (including phenoxy) is 1. The lowest BCUT2D eigenvalue weighted by atomic mass is 10.0. The first-order chi connectivity index (χ1) is 7.20. The molecule has 0 spiro atoms. The van der Waals surface area contributed by atoms with Crippen molar-refractivity contribution in [2.75, 3.05) is 7.11 Å². The number of hydrogen-bond acceptors (Lipinski definition) is 3. The number of methoxy groups -OCH3 is 1. The van der Waals surface area contributed by atoms with E-state index in [2.05, 4.69) is 10.8 Å². The summed E-state index contributed by atoms with van der Waals surface area (Å²) in [6.45, 7) is 1.96. The smallest absolute Gasteiger partial charge is 0.305 e. The second-order valence-electron chi connectivity index (χ2n) is 3.91. The van der Waals surface area contributed by atoms with Crippen LogP contribution in [-0.4, -0.2) is 13.1 Å². The molecular formula is C12H21NO2. The number of carbonyl (C=O) groups excluding carboxylic acids is 1. The van der Waals surface area contributed by atoms with Gasteiger partial charge in [-0.25, -0.2) is 0 Å². The Morgan fingerprint density at radius 2 is 1.87 bits per heavy atom. The van der Waals surface area contributed by atoms with E-state index in [4.69, 9.17) is 5.26 Å². The van der Waals surface area contributed by atoms with Gasteiger partial charge in [-0.15, -0.1) is 0 Å². The average Bonchev–Trinajstić information content (AvgIpc) is 2.26. The van der Waals surface area contributed by atoms with E-state index >= 15 is 0 Å². The fourth-order valence-electron chi connectivity index (χ4n) is 1.42. The second kappa shape index (κ2) is 9.51. The van der Waals surface area contributed by atoms with Crippen LogP contribution in [0.5, 0.6) is 0 Å². The largest absolute Gasteiger partial charge is 0.469 e. The topological polar surface area (TPSA) is 50.1 Å². The number of unbranched alkanes of at least 4 members (excludes halogenated alkanes) is 4. The Balaban J connectivity index is 3.12. The number of hydrogen-bond donors (Lipinski definition) is 0. The molecule has 3 nitrogen and oxygen atoms in total. The Labute approximate surface area is 92.4 Å². The predicted octanol–water partition coefficient (Wildman–Crippen LogP) is 3.05. The standard InChI is InChI=1S/C12H21NO2/c1-11(10-13)8-6-4-3-5-7-9-12(14)15-2/h11H,3-9H2,1-2H3. The summed E-state index contributed by atoms with van der Waals surface area (Å²) in [6.07, 6.45) is 6.95. The van der Waals surface area contributed by atoms with Crippen molar-refractivity contribution in [3.05, 3.63) is 0 Å². The lowest BCUT2D eigenvalue weighted by Crippen LogP contribution is -1.99. The Morgan fingerprint density at radius 1 is 1.27 bits per heavy atom. The molecule has 0 aliphatic carbocycles. The summed E-state index contributed by atoms with van der Waals surface area (Å²) in [7, 11) is 1.42. The van der Waals surface area contributed by atoms with Crippen LogP contribution in [0.15, 0.2) is 0 Å². The first-order valence-corrected chi connectivity index (χ1v) is 5.67. The first kappa shape index (κ1) is 14.0. The van der Waals surface area contributed by atoms with Crippen LogP contribution in [0.2, 0.25) is 0 Å². The first-order valence-electron chi connectivity index (χ1n) is 5.67. The van der Waals surface area contributed by atoms with Gasteiger partial charge in [0, 0.05) is 12.3 Å². The summed E-state index contributed by atoms with van der Waals surface area (Å²) in [5, 5.41) is 8.56. The minimum absolute atomic E-state index is 0.117. The zero-order valence-electron chi connectivity index (χ0n) is 9.79. The molecule has 15 heavy (non-hydrogen) atoms. The summed E-state index contributed by atoms with van der Waals surface area (Å²) in [5.74, 6) is 0.0631. The number of carbonyl (C=O) groups is 1. The van der Waals surface area contributed by atoms with Gasteiger partial charge < -0.3 is 4.74 Å². The molecule has 0 heterocycles. The van der Waals surface area contributed by atoms with Crippen LogP contribution in [0.4, 0.5) is 0 Å². The molecule has 0 N–H and O–H groups in total. The molecule has 0 fully saturated rings. The molecule has 0 aliphatic heterocycles. The third-order valence-corrected chi connectivity index (χ3v) is 2.47. The summed E-state index contributed by atoms with van der Waals surface area (Å²) in [4.78, 5) is 10.8. The minimum atomic E-state index is -0.117. The maximum absolute atomic E-state index is 10.8. The van der Waals surface area contributed by atoms with Gasteiger partial charge in [0.05, 0.1) is 13.2 Å². The quantitative estimate of drug-likeness (QED) is 0.458. The van der Waals surface area contributed by atoms with E-state index in [0.29, 0.717) is 6.42 Å². The Hall–Kier alpha value is -1.04. The summed E-state index contributed by atoms with van der Waals surface area (Å²) < 4.78 is 4.55. The molecular weight excluding hydrogens is 190 g/mol. The highest BCUT2D eigenvalue weighted by molar-refractivity contribution is 5.68. The van der Waals surface area contributed by atoms with Gasteiger partial charge in [0.2, 0.25) is 0 Å².